The van der Waals surface area contributed by atoms with Gasteiger partial charge in [-0.2, -0.15) is 5.10 Å². The van der Waals surface area contributed by atoms with Gasteiger partial charge in [-0.05, 0) is 12.3 Å². The lowest BCUT2D eigenvalue weighted by Crippen LogP contribution is -2.35. The highest BCUT2D eigenvalue weighted by molar-refractivity contribution is 7.91. The molecule has 0 aliphatic carbocycles. The average Bonchev–Trinajstić information content (AvgIpc) is 2.59. The Morgan fingerprint density at radius 2 is 2.11 bits per heavy atom. The lowest BCUT2D eigenvalue weighted by molar-refractivity contribution is -0.119. The second kappa shape index (κ2) is 6.14. The summed E-state index contributed by atoms with van der Waals surface area (Å²) in [5.74, 6) is -0.0775. The van der Waals surface area contributed by atoms with Gasteiger partial charge in [-0.15, -0.1) is 0 Å². The number of aryl methyl sites for hydroxylation is 1. The van der Waals surface area contributed by atoms with Crippen LogP contribution in [0.1, 0.15) is 32.1 Å². The Bertz CT molecular complexity index is 536. The molecule has 1 aromatic rings. The van der Waals surface area contributed by atoms with E-state index in [0.717, 1.165) is 6.26 Å². The monoisotopic (exact) mass is 288 g/mol. The number of carbonyl (C=O) groups excluding carboxylic acids is 1. The summed E-state index contributed by atoms with van der Waals surface area (Å²) in [6.45, 7) is 4.04. The van der Waals surface area contributed by atoms with Crippen LogP contribution in [0.15, 0.2) is 6.33 Å². The third-order valence-corrected chi connectivity index (χ3v) is 3.28. The first kappa shape index (κ1) is 15.6. The summed E-state index contributed by atoms with van der Waals surface area (Å²) in [7, 11) is -1.60. The van der Waals surface area contributed by atoms with Crippen molar-refractivity contribution in [1.29, 1.82) is 0 Å². The highest BCUT2D eigenvalue weighted by Gasteiger charge is 2.22. The van der Waals surface area contributed by atoms with Crippen LogP contribution in [0.2, 0.25) is 0 Å². The van der Waals surface area contributed by atoms with Crippen molar-refractivity contribution in [2.45, 2.75) is 26.3 Å². The molecule has 0 aromatic carbocycles. The van der Waals surface area contributed by atoms with Gasteiger partial charge >= 0.3 is 0 Å². The average molecular weight is 288 g/mol. The molecule has 0 aliphatic rings. The van der Waals surface area contributed by atoms with Crippen LogP contribution in [0.4, 0.5) is 0 Å². The summed E-state index contributed by atoms with van der Waals surface area (Å²) < 4.78 is 23.8. The molecule has 1 amide bonds. The van der Waals surface area contributed by atoms with Crippen LogP contribution in [0.25, 0.3) is 0 Å². The lowest BCUT2D eigenvalue weighted by Gasteiger charge is -2.19. The number of amides is 1. The molecule has 1 rings (SSSR count). The Hall–Kier alpha value is -1.44. The molecule has 1 atom stereocenters. The maximum atomic E-state index is 11.7. The van der Waals surface area contributed by atoms with E-state index < -0.39 is 21.5 Å². The van der Waals surface area contributed by atoms with Gasteiger partial charge in [0.15, 0.2) is 9.84 Å². The Kier molecular flexibility index (Phi) is 5.04. The smallest absolute Gasteiger partial charge is 0.235 e. The highest BCUT2D eigenvalue weighted by Crippen LogP contribution is 2.18. The maximum absolute atomic E-state index is 11.7. The molecule has 1 aromatic heterocycles. The molecule has 0 saturated heterocycles. The number of nitrogens with zero attached hydrogens (tertiary/aromatic N) is 3. The van der Waals surface area contributed by atoms with Crippen molar-refractivity contribution in [2.24, 2.45) is 13.0 Å². The van der Waals surface area contributed by atoms with Gasteiger partial charge in [0.1, 0.15) is 17.9 Å². The second-order valence-electron chi connectivity index (χ2n) is 5.06. The largest absolute Gasteiger partial charge is 0.345 e. The summed E-state index contributed by atoms with van der Waals surface area (Å²) in [5.41, 5.74) is 0. The minimum atomic E-state index is -3.33. The van der Waals surface area contributed by atoms with E-state index >= 15 is 0 Å². The fourth-order valence-electron chi connectivity index (χ4n) is 1.80. The number of sulfone groups is 1. The van der Waals surface area contributed by atoms with E-state index in [1.54, 1.807) is 11.7 Å². The number of rotatable bonds is 6. The predicted octanol–water partition coefficient (Wildman–Crippen LogP) is 0.0631. The number of aromatic nitrogens is 3. The van der Waals surface area contributed by atoms with Crippen LogP contribution >= 0.6 is 0 Å². The molecule has 0 bridgehead atoms. The Morgan fingerprint density at radius 1 is 1.47 bits per heavy atom. The van der Waals surface area contributed by atoms with Crippen LogP contribution in [0, 0.1) is 5.92 Å². The van der Waals surface area contributed by atoms with Crippen molar-refractivity contribution in [3.05, 3.63) is 12.2 Å². The van der Waals surface area contributed by atoms with Gasteiger partial charge in [0.2, 0.25) is 5.91 Å². The highest BCUT2D eigenvalue weighted by atomic mass is 32.2. The molecule has 0 fully saturated rings. The third kappa shape index (κ3) is 5.37. The zero-order valence-electron chi connectivity index (χ0n) is 11.6. The SMILES string of the molecule is CC(C)CC(NC(=O)CS(C)(=O)=O)c1ncnn1C. The fourth-order valence-corrected chi connectivity index (χ4v) is 2.35. The topological polar surface area (TPSA) is 93.9 Å². The first-order valence-electron chi connectivity index (χ1n) is 6.00. The van der Waals surface area contributed by atoms with Crippen LogP contribution in [0.3, 0.4) is 0 Å². The standard InChI is InChI=1S/C11H20N4O3S/c1-8(2)5-9(11-12-7-13-15(11)3)14-10(16)6-19(4,17)18/h7-9H,5-6H2,1-4H3,(H,14,16). The summed E-state index contributed by atoms with van der Waals surface area (Å²) in [5, 5.41) is 6.67. The summed E-state index contributed by atoms with van der Waals surface area (Å²) in [6, 6.07) is -0.332. The molecule has 7 nitrogen and oxygen atoms in total. The summed E-state index contributed by atoms with van der Waals surface area (Å²) >= 11 is 0. The van der Waals surface area contributed by atoms with Crippen LogP contribution in [-0.2, 0) is 21.7 Å². The van der Waals surface area contributed by atoms with E-state index in [2.05, 4.69) is 15.4 Å². The lowest BCUT2D eigenvalue weighted by atomic mass is 10.0. The number of carbonyl (C=O) groups is 1. The van der Waals surface area contributed by atoms with Gasteiger partial charge in [0.25, 0.3) is 0 Å². The minimum Gasteiger partial charge on any atom is -0.345 e. The molecule has 1 unspecified atom stereocenters. The molecule has 0 aliphatic heterocycles. The quantitative estimate of drug-likeness (QED) is 0.799. The predicted molar refractivity (Wildman–Crippen MR) is 71.1 cm³/mol. The van der Waals surface area contributed by atoms with E-state index in [9.17, 15) is 13.2 Å². The first-order chi connectivity index (χ1) is 8.69. The van der Waals surface area contributed by atoms with E-state index in [4.69, 9.17) is 0 Å². The van der Waals surface area contributed by atoms with Gasteiger partial charge < -0.3 is 5.32 Å². The normalized spacial score (nSPS) is 13.5. The third-order valence-electron chi connectivity index (χ3n) is 2.49. The van der Waals surface area contributed by atoms with Gasteiger partial charge in [0, 0.05) is 13.3 Å². The van der Waals surface area contributed by atoms with E-state index in [1.807, 2.05) is 13.8 Å². The Labute approximate surface area is 113 Å². The number of hydrogen-bond acceptors (Lipinski definition) is 5. The van der Waals surface area contributed by atoms with E-state index in [-0.39, 0.29) is 6.04 Å². The molecule has 1 heterocycles. The molecular weight excluding hydrogens is 268 g/mol. The molecule has 0 radical (unpaired) electrons. The van der Waals surface area contributed by atoms with Crippen LogP contribution in [0.5, 0.6) is 0 Å². The second-order valence-corrected chi connectivity index (χ2v) is 7.20. The molecule has 8 heteroatoms. The van der Waals surface area contributed by atoms with Crippen molar-refractivity contribution < 1.29 is 13.2 Å². The van der Waals surface area contributed by atoms with Gasteiger partial charge in [-0.1, -0.05) is 13.8 Å². The first-order valence-corrected chi connectivity index (χ1v) is 8.06. The van der Waals surface area contributed by atoms with Crippen molar-refractivity contribution in [3.63, 3.8) is 0 Å². The molecular formula is C11H20N4O3S. The maximum Gasteiger partial charge on any atom is 0.235 e. The van der Waals surface area contributed by atoms with Gasteiger partial charge in [-0.25, -0.2) is 13.4 Å². The van der Waals surface area contributed by atoms with Crippen molar-refractivity contribution in [1.82, 2.24) is 20.1 Å². The van der Waals surface area contributed by atoms with Crippen molar-refractivity contribution in [2.75, 3.05) is 12.0 Å². The Morgan fingerprint density at radius 3 is 2.53 bits per heavy atom. The van der Waals surface area contributed by atoms with E-state index in [0.29, 0.717) is 18.2 Å². The summed E-state index contributed by atoms with van der Waals surface area (Å²) in [4.78, 5) is 15.8. The van der Waals surface area contributed by atoms with Gasteiger partial charge in [0.05, 0.1) is 6.04 Å². The zero-order chi connectivity index (χ0) is 14.6. The molecule has 0 saturated carbocycles. The van der Waals surface area contributed by atoms with Crippen LogP contribution in [-0.4, -0.2) is 41.1 Å². The van der Waals surface area contributed by atoms with E-state index in [1.165, 1.54) is 6.33 Å². The Balaban J connectivity index is 2.82. The molecule has 19 heavy (non-hydrogen) atoms. The minimum absolute atomic E-state index is 0.332. The number of hydrogen-bond donors (Lipinski definition) is 1. The molecule has 0 spiro atoms. The molecule has 108 valence electrons. The van der Waals surface area contributed by atoms with Crippen LogP contribution < -0.4 is 5.32 Å². The van der Waals surface area contributed by atoms with Crippen molar-refractivity contribution in [3.8, 4) is 0 Å². The summed E-state index contributed by atoms with van der Waals surface area (Å²) in [6.07, 6.45) is 3.11. The fraction of sp³-hybridized carbons (Fsp3) is 0.727. The number of nitrogens with one attached hydrogen (secondary N) is 1. The van der Waals surface area contributed by atoms with Gasteiger partial charge in [-0.3, -0.25) is 9.48 Å². The zero-order valence-corrected chi connectivity index (χ0v) is 12.4. The van der Waals surface area contributed by atoms with Crippen molar-refractivity contribution >= 4 is 15.7 Å². The molecule has 1 N–H and O–H groups in total.